The third kappa shape index (κ3) is 5.11. The van der Waals surface area contributed by atoms with E-state index >= 15 is 0 Å². The predicted molar refractivity (Wildman–Crippen MR) is 113 cm³/mol. The van der Waals surface area contributed by atoms with E-state index in [0.29, 0.717) is 42.8 Å². The van der Waals surface area contributed by atoms with Gasteiger partial charge < -0.3 is 16.0 Å². The van der Waals surface area contributed by atoms with Gasteiger partial charge in [-0.25, -0.2) is 4.39 Å². The molecule has 0 atom stereocenters. The number of nitrogens with two attached hydrogens (primary N) is 1. The SMILES string of the molecule is C/C(=C/C(=O)Nc1ccccc1C(=O)N1CCC(C(N)=O)CC1)c1ccc(F)cc1. The highest BCUT2D eigenvalue weighted by Crippen LogP contribution is 2.23. The third-order valence-corrected chi connectivity index (χ3v) is 5.25. The number of nitrogens with zero attached hydrogens (tertiary/aromatic N) is 1. The van der Waals surface area contributed by atoms with Crippen LogP contribution in [0.2, 0.25) is 0 Å². The molecule has 0 aliphatic carbocycles. The lowest BCUT2D eigenvalue weighted by Gasteiger charge is -2.31. The number of hydrogen-bond donors (Lipinski definition) is 2. The molecule has 1 saturated heterocycles. The van der Waals surface area contributed by atoms with Gasteiger partial charge in [-0.05, 0) is 55.2 Å². The number of piperidine rings is 1. The van der Waals surface area contributed by atoms with E-state index in [9.17, 15) is 18.8 Å². The maximum atomic E-state index is 13.1. The first-order valence-electron chi connectivity index (χ1n) is 9.78. The molecule has 2 aromatic carbocycles. The number of allylic oxidation sites excluding steroid dienone is 1. The standard InChI is InChI=1S/C23H24FN3O3/c1-15(16-6-8-18(24)9-7-16)14-21(28)26-20-5-3-2-4-19(20)23(30)27-12-10-17(11-13-27)22(25)29/h2-9,14,17H,10-13H2,1H3,(H2,25,29)(H,26,28)/b15-14-. The highest BCUT2D eigenvalue weighted by molar-refractivity contribution is 6.08. The molecule has 0 saturated carbocycles. The maximum absolute atomic E-state index is 13.1. The minimum atomic E-state index is -0.385. The van der Waals surface area contributed by atoms with Crippen LogP contribution in [0.5, 0.6) is 0 Å². The number of halogens is 1. The molecule has 0 radical (unpaired) electrons. The maximum Gasteiger partial charge on any atom is 0.255 e. The number of para-hydroxylation sites is 1. The Morgan fingerprint density at radius 1 is 1.07 bits per heavy atom. The van der Waals surface area contributed by atoms with Crippen molar-refractivity contribution in [3.63, 3.8) is 0 Å². The Bertz CT molecular complexity index is 977. The fourth-order valence-electron chi connectivity index (χ4n) is 3.48. The molecular weight excluding hydrogens is 385 g/mol. The van der Waals surface area contributed by atoms with Gasteiger partial charge in [-0.1, -0.05) is 24.3 Å². The molecule has 1 aliphatic heterocycles. The number of nitrogens with one attached hydrogen (secondary N) is 1. The zero-order chi connectivity index (χ0) is 21.7. The van der Waals surface area contributed by atoms with E-state index in [1.165, 1.54) is 18.2 Å². The molecule has 3 N–H and O–H groups in total. The van der Waals surface area contributed by atoms with E-state index < -0.39 is 0 Å². The third-order valence-electron chi connectivity index (χ3n) is 5.25. The quantitative estimate of drug-likeness (QED) is 0.743. The van der Waals surface area contributed by atoms with Crippen LogP contribution in [0.15, 0.2) is 54.6 Å². The molecule has 0 aromatic heterocycles. The summed E-state index contributed by atoms with van der Waals surface area (Å²) >= 11 is 0. The Morgan fingerprint density at radius 2 is 1.70 bits per heavy atom. The van der Waals surface area contributed by atoms with Crippen LogP contribution >= 0.6 is 0 Å². The number of carbonyl (C=O) groups is 3. The van der Waals surface area contributed by atoms with Crippen molar-refractivity contribution in [3.8, 4) is 0 Å². The van der Waals surface area contributed by atoms with Crippen LogP contribution in [-0.4, -0.2) is 35.7 Å². The number of amides is 3. The highest BCUT2D eigenvalue weighted by Gasteiger charge is 2.27. The van der Waals surface area contributed by atoms with Gasteiger partial charge in [0, 0.05) is 25.1 Å². The van der Waals surface area contributed by atoms with Gasteiger partial charge in [0.25, 0.3) is 5.91 Å². The molecule has 6 nitrogen and oxygen atoms in total. The Morgan fingerprint density at radius 3 is 2.33 bits per heavy atom. The normalized spacial score (nSPS) is 15.0. The molecule has 1 aliphatic rings. The summed E-state index contributed by atoms with van der Waals surface area (Å²) < 4.78 is 13.1. The van der Waals surface area contributed by atoms with Crippen molar-refractivity contribution in [2.75, 3.05) is 18.4 Å². The smallest absolute Gasteiger partial charge is 0.255 e. The van der Waals surface area contributed by atoms with Gasteiger partial charge in [0.05, 0.1) is 11.3 Å². The first-order chi connectivity index (χ1) is 14.3. The number of likely N-dealkylation sites (tertiary alicyclic amines) is 1. The van der Waals surface area contributed by atoms with Gasteiger partial charge in [0.15, 0.2) is 0 Å². The summed E-state index contributed by atoms with van der Waals surface area (Å²) in [4.78, 5) is 38.5. The zero-order valence-electron chi connectivity index (χ0n) is 16.7. The van der Waals surface area contributed by atoms with Crippen molar-refractivity contribution < 1.29 is 18.8 Å². The van der Waals surface area contributed by atoms with E-state index in [1.54, 1.807) is 48.2 Å². The molecule has 0 unspecified atom stereocenters. The minimum Gasteiger partial charge on any atom is -0.369 e. The second-order valence-corrected chi connectivity index (χ2v) is 7.34. The molecule has 0 bridgehead atoms. The van der Waals surface area contributed by atoms with Crippen molar-refractivity contribution in [3.05, 3.63) is 71.6 Å². The molecule has 3 rings (SSSR count). The highest BCUT2D eigenvalue weighted by atomic mass is 19.1. The summed E-state index contributed by atoms with van der Waals surface area (Å²) in [6.07, 6.45) is 2.48. The van der Waals surface area contributed by atoms with Gasteiger partial charge in [0.1, 0.15) is 5.82 Å². The monoisotopic (exact) mass is 409 g/mol. The largest absolute Gasteiger partial charge is 0.369 e. The number of carbonyl (C=O) groups excluding carboxylic acids is 3. The summed E-state index contributed by atoms with van der Waals surface area (Å²) in [7, 11) is 0. The summed E-state index contributed by atoms with van der Waals surface area (Å²) in [6.45, 7) is 2.64. The van der Waals surface area contributed by atoms with Crippen molar-refractivity contribution in [2.45, 2.75) is 19.8 Å². The van der Waals surface area contributed by atoms with Crippen LogP contribution < -0.4 is 11.1 Å². The lowest BCUT2D eigenvalue weighted by Crippen LogP contribution is -2.42. The van der Waals surface area contributed by atoms with Crippen LogP contribution in [0.1, 0.15) is 35.7 Å². The summed E-state index contributed by atoms with van der Waals surface area (Å²) in [5.41, 5.74) is 7.55. The van der Waals surface area contributed by atoms with Gasteiger partial charge in [0.2, 0.25) is 11.8 Å². The van der Waals surface area contributed by atoms with Crippen LogP contribution in [0.3, 0.4) is 0 Å². The Hall–Kier alpha value is -3.48. The summed E-state index contributed by atoms with van der Waals surface area (Å²) in [5, 5.41) is 2.76. The van der Waals surface area contributed by atoms with E-state index in [4.69, 9.17) is 5.73 Å². The Balaban J connectivity index is 1.71. The van der Waals surface area contributed by atoms with Gasteiger partial charge in [-0.15, -0.1) is 0 Å². The van der Waals surface area contributed by atoms with Crippen molar-refractivity contribution >= 4 is 29.0 Å². The number of rotatable bonds is 5. The molecule has 2 aromatic rings. The topological polar surface area (TPSA) is 92.5 Å². The number of anilines is 1. The second kappa shape index (κ2) is 9.35. The average Bonchev–Trinajstić information content (AvgIpc) is 2.74. The molecule has 1 heterocycles. The van der Waals surface area contributed by atoms with E-state index in [-0.39, 0.29) is 29.5 Å². The van der Waals surface area contributed by atoms with Crippen molar-refractivity contribution in [1.29, 1.82) is 0 Å². The van der Waals surface area contributed by atoms with E-state index in [1.807, 2.05) is 0 Å². The molecule has 0 spiro atoms. The minimum absolute atomic E-state index is 0.201. The second-order valence-electron chi connectivity index (χ2n) is 7.34. The molecule has 30 heavy (non-hydrogen) atoms. The lowest BCUT2D eigenvalue weighted by atomic mass is 9.95. The van der Waals surface area contributed by atoms with Crippen molar-refractivity contribution in [2.24, 2.45) is 11.7 Å². The Labute approximate surface area is 174 Å². The van der Waals surface area contributed by atoms with Gasteiger partial charge >= 0.3 is 0 Å². The van der Waals surface area contributed by atoms with Crippen LogP contribution in [-0.2, 0) is 9.59 Å². The Kier molecular flexibility index (Phi) is 6.61. The fourth-order valence-corrected chi connectivity index (χ4v) is 3.48. The lowest BCUT2D eigenvalue weighted by molar-refractivity contribution is -0.123. The molecule has 3 amide bonds. The number of hydrogen-bond acceptors (Lipinski definition) is 3. The summed E-state index contributed by atoms with van der Waals surface area (Å²) in [6, 6.07) is 12.7. The predicted octanol–water partition coefficient (Wildman–Crippen LogP) is 3.21. The number of primary amides is 1. The van der Waals surface area contributed by atoms with E-state index in [2.05, 4.69) is 5.32 Å². The summed E-state index contributed by atoms with van der Waals surface area (Å²) in [5.74, 6) is -1.47. The van der Waals surface area contributed by atoms with Crippen molar-refractivity contribution in [1.82, 2.24) is 4.90 Å². The van der Waals surface area contributed by atoms with E-state index in [0.717, 1.165) is 5.56 Å². The fraction of sp³-hybridized carbons (Fsp3) is 0.261. The van der Waals surface area contributed by atoms with Gasteiger partial charge in [-0.3, -0.25) is 14.4 Å². The van der Waals surface area contributed by atoms with Crippen LogP contribution in [0.4, 0.5) is 10.1 Å². The zero-order valence-corrected chi connectivity index (χ0v) is 16.7. The molecule has 156 valence electrons. The van der Waals surface area contributed by atoms with Crippen LogP contribution in [0.25, 0.3) is 5.57 Å². The first kappa shape index (κ1) is 21.2. The molecular formula is C23H24FN3O3. The average molecular weight is 409 g/mol. The molecule has 7 heteroatoms. The number of benzene rings is 2. The first-order valence-corrected chi connectivity index (χ1v) is 9.78. The van der Waals surface area contributed by atoms with Crippen LogP contribution in [0, 0.1) is 11.7 Å². The van der Waals surface area contributed by atoms with Gasteiger partial charge in [-0.2, -0.15) is 0 Å². The molecule has 1 fully saturated rings.